The van der Waals surface area contributed by atoms with Gasteiger partial charge in [0.05, 0.1) is 18.4 Å². The summed E-state index contributed by atoms with van der Waals surface area (Å²) in [5.74, 6) is 2.08. The Morgan fingerprint density at radius 2 is 2.19 bits per heavy atom. The maximum absolute atomic E-state index is 12.0. The molecule has 26 heavy (non-hydrogen) atoms. The van der Waals surface area contributed by atoms with E-state index in [1.165, 1.54) is 0 Å². The summed E-state index contributed by atoms with van der Waals surface area (Å²) in [5, 5.41) is 9.73. The molecule has 2 heterocycles. The molecule has 1 aliphatic rings. The lowest BCUT2D eigenvalue weighted by Crippen LogP contribution is -2.36. The maximum atomic E-state index is 12.0. The highest BCUT2D eigenvalue weighted by Gasteiger charge is 2.28. The maximum Gasteiger partial charge on any atom is 0.226 e. The standard InChI is InChI=1S/C19H25N3O4/c1-13(21-18(23)7-6-16-3-2-10-25-16)8-9-20-19(24)12-15-11-17(26-22-15)14-4-5-14/h2-3,10-11,13-14H,4-9,12H2,1H3,(H,20,24)(H,21,23)/t13-/m0/s1. The Morgan fingerprint density at radius 3 is 2.92 bits per heavy atom. The molecule has 0 saturated heterocycles. The van der Waals surface area contributed by atoms with Crippen LogP contribution in [0, 0.1) is 0 Å². The predicted octanol–water partition coefficient (Wildman–Crippen LogP) is 2.33. The molecule has 7 heteroatoms. The van der Waals surface area contributed by atoms with Crippen LogP contribution in [0.1, 0.15) is 55.7 Å². The van der Waals surface area contributed by atoms with Crippen molar-refractivity contribution in [2.45, 2.75) is 57.4 Å². The molecule has 3 rings (SSSR count). The van der Waals surface area contributed by atoms with Crippen molar-refractivity contribution >= 4 is 11.8 Å². The Balaban J connectivity index is 1.28. The van der Waals surface area contributed by atoms with Crippen molar-refractivity contribution in [3.05, 3.63) is 41.7 Å². The summed E-state index contributed by atoms with van der Waals surface area (Å²) in [6.45, 7) is 2.43. The monoisotopic (exact) mass is 359 g/mol. The summed E-state index contributed by atoms with van der Waals surface area (Å²) in [6, 6.07) is 5.53. The molecule has 2 aromatic rings. The van der Waals surface area contributed by atoms with Crippen molar-refractivity contribution < 1.29 is 18.5 Å². The van der Waals surface area contributed by atoms with Crippen molar-refractivity contribution in [3.63, 3.8) is 0 Å². The molecular formula is C19H25N3O4. The van der Waals surface area contributed by atoms with Crippen LogP contribution in [0.3, 0.4) is 0 Å². The zero-order chi connectivity index (χ0) is 18.4. The van der Waals surface area contributed by atoms with Gasteiger partial charge in [0.25, 0.3) is 0 Å². The van der Waals surface area contributed by atoms with E-state index in [-0.39, 0.29) is 24.3 Å². The molecule has 1 aliphatic carbocycles. The Hall–Kier alpha value is -2.57. The number of nitrogens with one attached hydrogen (secondary N) is 2. The van der Waals surface area contributed by atoms with Crippen LogP contribution < -0.4 is 10.6 Å². The van der Waals surface area contributed by atoms with Crippen molar-refractivity contribution in [3.8, 4) is 0 Å². The molecule has 7 nitrogen and oxygen atoms in total. The largest absolute Gasteiger partial charge is 0.469 e. The number of hydrogen-bond acceptors (Lipinski definition) is 5. The fraction of sp³-hybridized carbons (Fsp3) is 0.526. The summed E-state index contributed by atoms with van der Waals surface area (Å²) in [7, 11) is 0. The van der Waals surface area contributed by atoms with Crippen LogP contribution in [0.25, 0.3) is 0 Å². The lowest BCUT2D eigenvalue weighted by molar-refractivity contribution is -0.121. The Labute approximate surface area is 152 Å². The van der Waals surface area contributed by atoms with E-state index >= 15 is 0 Å². The molecular weight excluding hydrogens is 334 g/mol. The van der Waals surface area contributed by atoms with E-state index in [1.54, 1.807) is 6.26 Å². The van der Waals surface area contributed by atoms with E-state index in [2.05, 4.69) is 15.8 Å². The van der Waals surface area contributed by atoms with Crippen LogP contribution >= 0.6 is 0 Å². The van der Waals surface area contributed by atoms with E-state index in [0.29, 0.717) is 37.4 Å². The number of aromatic nitrogens is 1. The summed E-state index contributed by atoms with van der Waals surface area (Å²) in [4.78, 5) is 23.8. The highest BCUT2D eigenvalue weighted by Crippen LogP contribution is 2.40. The van der Waals surface area contributed by atoms with Gasteiger partial charge in [-0.2, -0.15) is 0 Å². The number of aryl methyl sites for hydroxylation is 1. The van der Waals surface area contributed by atoms with E-state index in [1.807, 2.05) is 25.1 Å². The smallest absolute Gasteiger partial charge is 0.226 e. The highest BCUT2D eigenvalue weighted by molar-refractivity contribution is 5.78. The molecule has 2 aromatic heterocycles. The SMILES string of the molecule is C[C@@H](CCNC(=O)Cc1cc(C2CC2)on1)NC(=O)CCc1ccco1. The van der Waals surface area contributed by atoms with Gasteiger partial charge in [-0.25, -0.2) is 0 Å². The van der Waals surface area contributed by atoms with E-state index in [0.717, 1.165) is 24.4 Å². The van der Waals surface area contributed by atoms with Gasteiger partial charge >= 0.3 is 0 Å². The average molecular weight is 359 g/mol. The molecule has 0 aliphatic heterocycles. The lowest BCUT2D eigenvalue weighted by atomic mass is 10.2. The Morgan fingerprint density at radius 1 is 1.35 bits per heavy atom. The number of rotatable bonds is 10. The minimum atomic E-state index is -0.0861. The van der Waals surface area contributed by atoms with Crippen LogP contribution in [0.5, 0.6) is 0 Å². The molecule has 0 radical (unpaired) electrons. The number of carbonyl (C=O) groups is 2. The van der Waals surface area contributed by atoms with Crippen molar-refractivity contribution in [1.82, 2.24) is 15.8 Å². The molecule has 1 atom stereocenters. The number of hydrogen-bond donors (Lipinski definition) is 2. The Kier molecular flexibility index (Phi) is 6.09. The van der Waals surface area contributed by atoms with Gasteiger partial charge < -0.3 is 19.6 Å². The number of amides is 2. The molecule has 1 saturated carbocycles. The second kappa shape index (κ2) is 8.69. The van der Waals surface area contributed by atoms with Gasteiger partial charge in [-0.3, -0.25) is 9.59 Å². The van der Waals surface area contributed by atoms with Gasteiger partial charge in [-0.15, -0.1) is 0 Å². The van der Waals surface area contributed by atoms with Crippen molar-refractivity contribution in [1.29, 1.82) is 0 Å². The van der Waals surface area contributed by atoms with E-state index in [4.69, 9.17) is 8.94 Å². The molecule has 1 fully saturated rings. The first-order valence-electron chi connectivity index (χ1n) is 9.14. The van der Waals surface area contributed by atoms with Crippen LogP contribution in [0.15, 0.2) is 33.4 Å². The third-order valence-electron chi connectivity index (χ3n) is 4.38. The number of nitrogens with zero attached hydrogens (tertiary/aromatic N) is 1. The topological polar surface area (TPSA) is 97.4 Å². The predicted molar refractivity (Wildman–Crippen MR) is 94.4 cm³/mol. The normalized spacial score (nSPS) is 14.8. The van der Waals surface area contributed by atoms with Gasteiger partial charge in [0.1, 0.15) is 11.5 Å². The van der Waals surface area contributed by atoms with Gasteiger partial charge in [0, 0.05) is 37.4 Å². The molecule has 0 aromatic carbocycles. The first kappa shape index (κ1) is 18.2. The molecule has 2 N–H and O–H groups in total. The number of carbonyl (C=O) groups excluding carboxylic acids is 2. The summed E-state index contributed by atoms with van der Waals surface area (Å²) >= 11 is 0. The quantitative estimate of drug-likeness (QED) is 0.678. The summed E-state index contributed by atoms with van der Waals surface area (Å²) in [5.41, 5.74) is 0.670. The van der Waals surface area contributed by atoms with Crippen LogP contribution in [0.4, 0.5) is 0 Å². The molecule has 0 spiro atoms. The molecule has 2 amide bonds. The van der Waals surface area contributed by atoms with E-state index < -0.39 is 0 Å². The summed E-state index contributed by atoms with van der Waals surface area (Å²) in [6.07, 6.45) is 5.76. The molecule has 0 unspecified atom stereocenters. The second-order valence-electron chi connectivity index (χ2n) is 6.86. The molecule has 0 bridgehead atoms. The third-order valence-corrected chi connectivity index (χ3v) is 4.38. The first-order chi connectivity index (χ1) is 12.6. The Bertz CT molecular complexity index is 719. The fourth-order valence-electron chi connectivity index (χ4n) is 2.74. The number of furan rings is 1. The second-order valence-corrected chi connectivity index (χ2v) is 6.86. The molecule has 140 valence electrons. The summed E-state index contributed by atoms with van der Waals surface area (Å²) < 4.78 is 10.4. The zero-order valence-electron chi connectivity index (χ0n) is 15.0. The van der Waals surface area contributed by atoms with E-state index in [9.17, 15) is 9.59 Å². The third kappa shape index (κ3) is 5.75. The zero-order valence-corrected chi connectivity index (χ0v) is 15.0. The van der Waals surface area contributed by atoms with Crippen LogP contribution in [-0.2, 0) is 22.4 Å². The minimum Gasteiger partial charge on any atom is -0.469 e. The van der Waals surface area contributed by atoms with Crippen LogP contribution in [-0.4, -0.2) is 29.6 Å². The van der Waals surface area contributed by atoms with Gasteiger partial charge in [-0.05, 0) is 38.3 Å². The van der Waals surface area contributed by atoms with Gasteiger partial charge in [0.15, 0.2) is 0 Å². The van der Waals surface area contributed by atoms with Gasteiger partial charge in [-0.1, -0.05) is 5.16 Å². The van der Waals surface area contributed by atoms with Crippen molar-refractivity contribution in [2.24, 2.45) is 0 Å². The minimum absolute atomic E-state index is 0.00656. The highest BCUT2D eigenvalue weighted by atomic mass is 16.5. The fourth-order valence-corrected chi connectivity index (χ4v) is 2.74. The average Bonchev–Trinajstić information content (AvgIpc) is 3.12. The van der Waals surface area contributed by atoms with Gasteiger partial charge in [0.2, 0.25) is 11.8 Å². The first-order valence-corrected chi connectivity index (χ1v) is 9.14. The van der Waals surface area contributed by atoms with Crippen LogP contribution in [0.2, 0.25) is 0 Å². The van der Waals surface area contributed by atoms with Crippen molar-refractivity contribution in [2.75, 3.05) is 6.54 Å². The lowest BCUT2D eigenvalue weighted by Gasteiger charge is -2.14.